The summed E-state index contributed by atoms with van der Waals surface area (Å²) in [7, 11) is -3.43. The largest absolute Gasteiger partial charge is 0.301 e. The monoisotopic (exact) mass is 302 g/mol. The van der Waals surface area contributed by atoms with Crippen LogP contribution in [-0.2, 0) is 16.1 Å². The molecule has 0 saturated carbocycles. The number of hydrogen-bond donors (Lipinski definition) is 1. The minimum Gasteiger partial charge on any atom is -0.271 e. The van der Waals surface area contributed by atoms with Crippen molar-refractivity contribution in [2.24, 2.45) is 0 Å². The van der Waals surface area contributed by atoms with E-state index in [1.807, 2.05) is 12.1 Å². The summed E-state index contributed by atoms with van der Waals surface area (Å²) in [6.45, 7) is 1.21. The van der Waals surface area contributed by atoms with E-state index in [0.717, 1.165) is 31.2 Å². The highest BCUT2D eigenvalue weighted by molar-refractivity contribution is 7.90. The van der Waals surface area contributed by atoms with Gasteiger partial charge in [-0.05, 0) is 30.5 Å². The smallest absolute Gasteiger partial charge is 0.271 e. The number of benzene rings is 1. The Hall–Kier alpha value is -0.780. The van der Waals surface area contributed by atoms with Crippen molar-refractivity contribution in [3.05, 3.63) is 29.8 Å². The second kappa shape index (κ2) is 6.59. The Morgan fingerprint density at radius 1 is 1.05 bits per heavy atom. The average molecular weight is 303 g/mol. The van der Waals surface area contributed by atoms with Gasteiger partial charge in [-0.15, -0.1) is 11.6 Å². The minimum absolute atomic E-state index is 0.430. The Labute approximate surface area is 119 Å². The quantitative estimate of drug-likeness (QED) is 0.869. The highest BCUT2D eigenvalue weighted by Gasteiger charge is 2.22. The summed E-state index contributed by atoms with van der Waals surface area (Å²) < 4.78 is 28.7. The number of anilines is 1. The van der Waals surface area contributed by atoms with Gasteiger partial charge < -0.3 is 0 Å². The predicted octanol–water partition coefficient (Wildman–Crippen LogP) is 2.96. The number of halogens is 1. The highest BCUT2D eigenvalue weighted by Crippen LogP contribution is 2.17. The van der Waals surface area contributed by atoms with Crippen molar-refractivity contribution in [1.29, 1.82) is 0 Å². The first-order valence-electron chi connectivity index (χ1n) is 6.54. The van der Waals surface area contributed by atoms with Crippen molar-refractivity contribution in [2.75, 3.05) is 17.8 Å². The molecule has 0 aromatic heterocycles. The molecule has 1 aromatic carbocycles. The molecule has 1 saturated heterocycles. The number of hydrogen-bond acceptors (Lipinski definition) is 2. The van der Waals surface area contributed by atoms with Crippen molar-refractivity contribution in [1.82, 2.24) is 4.31 Å². The summed E-state index contributed by atoms with van der Waals surface area (Å²) >= 11 is 5.71. The van der Waals surface area contributed by atoms with Crippen LogP contribution < -0.4 is 4.72 Å². The van der Waals surface area contributed by atoms with Gasteiger partial charge in [0, 0.05) is 24.7 Å². The molecule has 1 fully saturated rings. The molecule has 19 heavy (non-hydrogen) atoms. The summed E-state index contributed by atoms with van der Waals surface area (Å²) in [5.41, 5.74) is 1.55. The molecule has 106 valence electrons. The van der Waals surface area contributed by atoms with E-state index in [1.54, 1.807) is 12.1 Å². The normalized spacial score (nSPS) is 17.9. The minimum atomic E-state index is -3.43. The maximum absolute atomic E-state index is 12.3. The van der Waals surface area contributed by atoms with Crippen molar-refractivity contribution in [3.8, 4) is 0 Å². The first kappa shape index (κ1) is 14.6. The molecule has 0 unspecified atom stereocenters. The Morgan fingerprint density at radius 3 is 2.16 bits per heavy atom. The lowest BCUT2D eigenvalue weighted by Crippen LogP contribution is -2.36. The van der Waals surface area contributed by atoms with E-state index in [4.69, 9.17) is 11.6 Å². The molecule has 1 aliphatic heterocycles. The predicted molar refractivity (Wildman–Crippen MR) is 78.6 cm³/mol. The van der Waals surface area contributed by atoms with Crippen LogP contribution in [0.25, 0.3) is 0 Å². The Morgan fingerprint density at radius 2 is 1.63 bits per heavy atom. The van der Waals surface area contributed by atoms with E-state index in [-0.39, 0.29) is 0 Å². The lowest BCUT2D eigenvalue weighted by molar-refractivity contribution is 0.427. The van der Waals surface area contributed by atoms with Gasteiger partial charge in [-0.3, -0.25) is 4.72 Å². The molecule has 0 aliphatic carbocycles. The second-order valence-electron chi connectivity index (χ2n) is 4.75. The Balaban J connectivity index is 2.06. The van der Waals surface area contributed by atoms with Gasteiger partial charge in [-0.25, -0.2) is 0 Å². The van der Waals surface area contributed by atoms with Gasteiger partial charge in [0.2, 0.25) is 0 Å². The Bertz CT molecular complexity index is 494. The summed E-state index contributed by atoms with van der Waals surface area (Å²) in [6, 6.07) is 7.14. The van der Waals surface area contributed by atoms with Crippen LogP contribution in [0, 0.1) is 0 Å². The van der Waals surface area contributed by atoms with Gasteiger partial charge in [0.05, 0.1) is 0 Å². The number of nitrogens with one attached hydrogen (secondary N) is 1. The fourth-order valence-electron chi connectivity index (χ4n) is 2.16. The second-order valence-corrected chi connectivity index (χ2v) is 6.69. The van der Waals surface area contributed by atoms with Gasteiger partial charge in [0.25, 0.3) is 0 Å². The highest BCUT2D eigenvalue weighted by atomic mass is 35.5. The van der Waals surface area contributed by atoms with Crippen LogP contribution in [0.2, 0.25) is 0 Å². The first-order valence-corrected chi connectivity index (χ1v) is 8.52. The first-order chi connectivity index (χ1) is 9.12. The molecule has 0 bridgehead atoms. The van der Waals surface area contributed by atoms with Gasteiger partial charge in [0.1, 0.15) is 0 Å². The van der Waals surface area contributed by atoms with E-state index in [1.165, 1.54) is 4.31 Å². The zero-order valence-corrected chi connectivity index (χ0v) is 12.4. The number of rotatable bonds is 4. The summed E-state index contributed by atoms with van der Waals surface area (Å²) in [5, 5.41) is 0. The molecule has 4 nitrogen and oxygen atoms in total. The molecule has 1 aliphatic rings. The van der Waals surface area contributed by atoms with Crippen LogP contribution >= 0.6 is 11.6 Å². The molecule has 6 heteroatoms. The van der Waals surface area contributed by atoms with E-state index in [9.17, 15) is 8.42 Å². The Kier molecular flexibility index (Phi) is 5.07. The zero-order chi connectivity index (χ0) is 13.7. The van der Waals surface area contributed by atoms with Crippen molar-refractivity contribution in [3.63, 3.8) is 0 Å². The van der Waals surface area contributed by atoms with Crippen molar-refractivity contribution >= 4 is 27.5 Å². The molecular weight excluding hydrogens is 284 g/mol. The van der Waals surface area contributed by atoms with E-state index < -0.39 is 10.2 Å². The van der Waals surface area contributed by atoms with Gasteiger partial charge >= 0.3 is 10.2 Å². The third-order valence-electron chi connectivity index (χ3n) is 3.26. The lowest BCUT2D eigenvalue weighted by Gasteiger charge is -2.20. The summed E-state index contributed by atoms with van der Waals surface area (Å²) in [4.78, 5) is 0. The molecule has 0 radical (unpaired) electrons. The van der Waals surface area contributed by atoms with Crippen LogP contribution in [0.15, 0.2) is 24.3 Å². The summed E-state index contributed by atoms with van der Waals surface area (Å²) in [6.07, 6.45) is 4.09. The zero-order valence-electron chi connectivity index (χ0n) is 10.8. The van der Waals surface area contributed by atoms with Crippen LogP contribution in [0.3, 0.4) is 0 Å². The van der Waals surface area contributed by atoms with Gasteiger partial charge in [-0.2, -0.15) is 12.7 Å². The van der Waals surface area contributed by atoms with Crippen LogP contribution in [0.4, 0.5) is 5.69 Å². The fraction of sp³-hybridized carbons (Fsp3) is 0.538. The topological polar surface area (TPSA) is 49.4 Å². The SMILES string of the molecule is O=S(=O)(Nc1ccc(CCl)cc1)N1CCCCCC1. The fourth-order valence-corrected chi connectivity index (χ4v) is 3.64. The molecule has 1 aromatic rings. The molecule has 2 rings (SSSR count). The van der Waals surface area contributed by atoms with E-state index in [0.29, 0.717) is 24.7 Å². The third-order valence-corrected chi connectivity index (χ3v) is 5.11. The molecule has 1 N–H and O–H groups in total. The molecule has 1 heterocycles. The average Bonchev–Trinajstić information content (AvgIpc) is 2.68. The van der Waals surface area contributed by atoms with Crippen LogP contribution in [0.1, 0.15) is 31.2 Å². The van der Waals surface area contributed by atoms with E-state index >= 15 is 0 Å². The summed E-state index contributed by atoms with van der Waals surface area (Å²) in [5.74, 6) is 0.430. The van der Waals surface area contributed by atoms with Crippen LogP contribution in [-0.4, -0.2) is 25.8 Å². The third kappa shape index (κ3) is 4.09. The lowest BCUT2D eigenvalue weighted by atomic mass is 10.2. The molecule has 0 spiro atoms. The van der Waals surface area contributed by atoms with E-state index in [2.05, 4.69) is 4.72 Å². The maximum Gasteiger partial charge on any atom is 0.301 e. The molecule has 0 amide bonds. The van der Waals surface area contributed by atoms with Gasteiger partial charge in [-0.1, -0.05) is 25.0 Å². The molecule has 0 atom stereocenters. The van der Waals surface area contributed by atoms with Crippen LogP contribution in [0.5, 0.6) is 0 Å². The van der Waals surface area contributed by atoms with Crippen molar-refractivity contribution < 1.29 is 8.42 Å². The maximum atomic E-state index is 12.3. The standard InChI is InChI=1S/C13H19ClN2O2S/c14-11-12-5-7-13(8-6-12)15-19(17,18)16-9-3-1-2-4-10-16/h5-8,15H,1-4,9-11H2. The molecular formula is C13H19ClN2O2S. The number of nitrogens with zero attached hydrogens (tertiary/aromatic N) is 1. The van der Waals surface area contributed by atoms with Crippen molar-refractivity contribution in [2.45, 2.75) is 31.6 Å². The number of alkyl halides is 1. The van der Waals surface area contributed by atoms with Gasteiger partial charge in [0.15, 0.2) is 0 Å².